The fourth-order valence-corrected chi connectivity index (χ4v) is 9.27. The van der Waals surface area contributed by atoms with E-state index in [1.807, 2.05) is 11.3 Å². The van der Waals surface area contributed by atoms with Gasteiger partial charge in [-0.2, -0.15) is 0 Å². The molecule has 3 nitrogen and oxygen atoms in total. The topological polar surface area (TPSA) is 30.7 Å². The van der Waals surface area contributed by atoms with Gasteiger partial charge in [0.1, 0.15) is 0 Å². The normalized spacial score (nSPS) is 13.7. The smallest absolute Gasteiger partial charge is 0.235 e. The summed E-state index contributed by atoms with van der Waals surface area (Å²) in [5.41, 5.74) is 10.6. The van der Waals surface area contributed by atoms with E-state index in [1.54, 1.807) is 0 Å². The van der Waals surface area contributed by atoms with Gasteiger partial charge in [-0.3, -0.25) is 4.57 Å². The lowest BCUT2D eigenvalue weighted by atomic mass is 9.81. The first-order valence-corrected chi connectivity index (χ1v) is 16.3. The van der Waals surface area contributed by atoms with E-state index in [2.05, 4.69) is 146 Å². The Labute approximate surface area is 264 Å². The van der Waals surface area contributed by atoms with Gasteiger partial charge in [0.2, 0.25) is 5.95 Å². The number of aromatic nitrogens is 3. The Morgan fingerprint density at radius 3 is 2.18 bits per heavy atom. The third kappa shape index (κ3) is 3.24. The second-order valence-electron chi connectivity index (χ2n) is 12.6. The number of rotatable bonds is 2. The molecule has 1 aliphatic carbocycles. The van der Waals surface area contributed by atoms with Crippen LogP contribution in [0.1, 0.15) is 25.0 Å². The second-order valence-corrected chi connectivity index (χ2v) is 13.6. The molecule has 0 N–H and O–H groups in total. The Morgan fingerprint density at radius 1 is 0.622 bits per heavy atom. The molecule has 3 heterocycles. The Hall–Kier alpha value is -5.32. The molecule has 1 aliphatic rings. The number of fused-ring (bicyclic) bond motifs is 13. The van der Waals surface area contributed by atoms with Crippen molar-refractivity contribution in [2.24, 2.45) is 0 Å². The molecule has 45 heavy (non-hydrogen) atoms. The molecule has 212 valence electrons. The molecule has 0 spiro atoms. The lowest BCUT2D eigenvalue weighted by Gasteiger charge is -2.22. The highest BCUT2D eigenvalue weighted by Crippen LogP contribution is 2.58. The van der Waals surface area contributed by atoms with Gasteiger partial charge >= 0.3 is 0 Å². The number of thiophene rings is 1. The predicted octanol–water partition coefficient (Wildman–Crippen LogP) is 11.1. The summed E-state index contributed by atoms with van der Waals surface area (Å²) in [5.74, 6) is 0.695. The van der Waals surface area contributed by atoms with Gasteiger partial charge < -0.3 is 0 Å². The summed E-state index contributed by atoms with van der Waals surface area (Å²) in [6.07, 6.45) is 0. The molecule has 0 saturated carbocycles. The van der Waals surface area contributed by atoms with Gasteiger partial charge in [-0.15, -0.1) is 11.3 Å². The number of nitrogens with zero attached hydrogens (tertiary/aromatic N) is 3. The van der Waals surface area contributed by atoms with E-state index in [4.69, 9.17) is 9.97 Å². The zero-order valence-electron chi connectivity index (χ0n) is 24.9. The largest absolute Gasteiger partial charge is 0.277 e. The molecule has 0 atom stereocenters. The van der Waals surface area contributed by atoms with Crippen molar-refractivity contribution in [1.29, 1.82) is 0 Å². The lowest BCUT2D eigenvalue weighted by Crippen LogP contribution is -2.15. The van der Waals surface area contributed by atoms with Crippen LogP contribution >= 0.6 is 11.3 Å². The van der Waals surface area contributed by atoms with Crippen LogP contribution in [-0.2, 0) is 5.41 Å². The van der Waals surface area contributed by atoms with Crippen LogP contribution < -0.4 is 0 Å². The predicted molar refractivity (Wildman–Crippen MR) is 190 cm³/mol. The third-order valence-corrected chi connectivity index (χ3v) is 11.0. The summed E-state index contributed by atoms with van der Waals surface area (Å²) in [7, 11) is 0. The summed E-state index contributed by atoms with van der Waals surface area (Å²) in [4.78, 5) is 10.7. The van der Waals surface area contributed by atoms with Crippen molar-refractivity contribution in [1.82, 2.24) is 14.5 Å². The summed E-state index contributed by atoms with van der Waals surface area (Å²) in [6, 6.07) is 45.5. The Bertz CT molecular complexity index is 2680. The molecule has 0 amide bonds. The van der Waals surface area contributed by atoms with Crippen molar-refractivity contribution in [3.05, 3.63) is 139 Å². The van der Waals surface area contributed by atoms with E-state index >= 15 is 0 Å². The van der Waals surface area contributed by atoms with E-state index < -0.39 is 0 Å². The van der Waals surface area contributed by atoms with Crippen LogP contribution in [0.5, 0.6) is 0 Å². The molecule has 9 aromatic rings. The van der Waals surface area contributed by atoms with Crippen molar-refractivity contribution in [3.8, 4) is 28.3 Å². The average Bonchev–Trinajstić information content (AvgIpc) is 3.70. The van der Waals surface area contributed by atoms with Gasteiger partial charge in [0.25, 0.3) is 0 Å². The molecule has 0 aliphatic heterocycles. The van der Waals surface area contributed by atoms with Gasteiger partial charge in [-0.25, -0.2) is 9.97 Å². The van der Waals surface area contributed by atoms with Crippen LogP contribution in [0.3, 0.4) is 0 Å². The number of hydrogen-bond acceptors (Lipinski definition) is 3. The molecule has 0 radical (unpaired) electrons. The van der Waals surface area contributed by atoms with Crippen LogP contribution in [0.2, 0.25) is 0 Å². The Morgan fingerprint density at radius 2 is 1.31 bits per heavy atom. The highest BCUT2D eigenvalue weighted by atomic mass is 32.1. The minimum Gasteiger partial charge on any atom is -0.277 e. The lowest BCUT2D eigenvalue weighted by molar-refractivity contribution is 0.667. The first-order chi connectivity index (χ1) is 22.1. The third-order valence-electron chi connectivity index (χ3n) is 9.77. The van der Waals surface area contributed by atoms with Crippen LogP contribution in [0.4, 0.5) is 0 Å². The molecule has 3 aromatic heterocycles. The first kappa shape index (κ1) is 25.1. The minimum atomic E-state index is -0.137. The molecule has 6 aromatic carbocycles. The van der Waals surface area contributed by atoms with Crippen molar-refractivity contribution in [3.63, 3.8) is 0 Å². The average molecular weight is 594 g/mol. The zero-order valence-corrected chi connectivity index (χ0v) is 25.7. The fourth-order valence-electron chi connectivity index (χ4n) is 7.86. The van der Waals surface area contributed by atoms with Gasteiger partial charge in [0.15, 0.2) is 0 Å². The van der Waals surface area contributed by atoms with E-state index in [1.165, 1.54) is 58.7 Å². The summed E-state index contributed by atoms with van der Waals surface area (Å²) < 4.78 is 5.00. The van der Waals surface area contributed by atoms with Crippen molar-refractivity contribution in [2.75, 3.05) is 0 Å². The molecule has 0 saturated heterocycles. The Balaban J connectivity index is 1.48. The summed E-state index contributed by atoms with van der Waals surface area (Å²) >= 11 is 1.92. The van der Waals surface area contributed by atoms with E-state index in [0.717, 1.165) is 27.7 Å². The minimum absolute atomic E-state index is 0.137. The molecule has 0 fully saturated rings. The molecular weight excluding hydrogens is 567 g/mol. The summed E-state index contributed by atoms with van der Waals surface area (Å²) in [6.45, 7) is 4.79. The molecule has 0 bridgehead atoms. The first-order valence-electron chi connectivity index (χ1n) is 15.4. The van der Waals surface area contributed by atoms with Crippen molar-refractivity contribution < 1.29 is 0 Å². The van der Waals surface area contributed by atoms with Crippen LogP contribution in [0.25, 0.3) is 81.2 Å². The maximum absolute atomic E-state index is 5.41. The van der Waals surface area contributed by atoms with Gasteiger partial charge in [-0.1, -0.05) is 123 Å². The highest BCUT2D eigenvalue weighted by Gasteiger charge is 2.40. The molecule has 4 heteroatoms. The van der Waals surface area contributed by atoms with Crippen LogP contribution in [0, 0.1) is 0 Å². The quantitative estimate of drug-likeness (QED) is 0.200. The SMILES string of the molecule is CC1(C)c2ccccc2-c2c1c1sc3ccccc3c1c1c2c2ccccc2n1-c1nc(-c2ccccc2)c2ccccc2n1. The zero-order chi connectivity index (χ0) is 29.9. The standard InChI is InChI=1S/C41H27N3S/c1-41(2)29-20-10-6-16-25(29)33-34-27-18-8-12-22-31(27)44(38(34)35-28-19-9-13-23-32(28)45-39(35)36(33)41)40-42-30-21-11-7-17-26(30)37(43-40)24-14-4-3-5-15-24/h3-23H,1-2H3. The number of hydrogen-bond donors (Lipinski definition) is 0. The van der Waals surface area contributed by atoms with Gasteiger partial charge in [-0.05, 0) is 40.5 Å². The Kier molecular flexibility index (Phi) is 4.94. The molecule has 10 rings (SSSR count). The van der Waals surface area contributed by atoms with Crippen molar-refractivity contribution in [2.45, 2.75) is 19.3 Å². The number of benzene rings is 6. The molecule has 0 unspecified atom stereocenters. The van der Waals surface area contributed by atoms with Crippen molar-refractivity contribution >= 4 is 64.2 Å². The van der Waals surface area contributed by atoms with Gasteiger partial charge in [0.05, 0.1) is 22.2 Å². The van der Waals surface area contributed by atoms with Crippen LogP contribution in [0.15, 0.2) is 127 Å². The maximum atomic E-state index is 5.41. The van der Waals surface area contributed by atoms with E-state index in [9.17, 15) is 0 Å². The highest BCUT2D eigenvalue weighted by molar-refractivity contribution is 7.26. The second kappa shape index (κ2) is 8.87. The van der Waals surface area contributed by atoms with E-state index in [0.29, 0.717) is 5.95 Å². The summed E-state index contributed by atoms with van der Waals surface area (Å²) in [5, 5.41) is 6.14. The van der Waals surface area contributed by atoms with Crippen LogP contribution in [-0.4, -0.2) is 14.5 Å². The van der Waals surface area contributed by atoms with E-state index in [-0.39, 0.29) is 5.41 Å². The van der Waals surface area contributed by atoms with Gasteiger partial charge in [0, 0.05) is 47.3 Å². The monoisotopic (exact) mass is 593 g/mol. The fraction of sp³-hybridized carbons (Fsp3) is 0.0732. The number of para-hydroxylation sites is 2. The molecular formula is C41H27N3S. The maximum Gasteiger partial charge on any atom is 0.235 e.